The van der Waals surface area contributed by atoms with Gasteiger partial charge in [0.25, 0.3) is 5.91 Å². The minimum atomic E-state index is -0.0204. The van der Waals surface area contributed by atoms with Crippen molar-refractivity contribution in [3.8, 4) is 0 Å². The summed E-state index contributed by atoms with van der Waals surface area (Å²) in [6.45, 7) is 6.65. The molecule has 0 aromatic carbocycles. The van der Waals surface area contributed by atoms with Crippen molar-refractivity contribution in [2.45, 2.75) is 58.5 Å². The van der Waals surface area contributed by atoms with Crippen molar-refractivity contribution in [3.05, 3.63) is 40.7 Å². The number of hydrogen-bond acceptors (Lipinski definition) is 5. The SMILES string of the molecule is CC(C)Cc1cc(C(=O)N2CCc3nc(C4CCCCN4C)ncc3C2)n[nH]1. The van der Waals surface area contributed by atoms with Gasteiger partial charge in [-0.15, -0.1) is 0 Å². The summed E-state index contributed by atoms with van der Waals surface area (Å²) in [7, 11) is 2.16. The van der Waals surface area contributed by atoms with E-state index in [0.29, 0.717) is 30.7 Å². The maximum Gasteiger partial charge on any atom is 0.274 e. The van der Waals surface area contributed by atoms with Crippen molar-refractivity contribution in [3.63, 3.8) is 0 Å². The molecule has 0 saturated carbocycles. The van der Waals surface area contributed by atoms with Crippen molar-refractivity contribution in [2.24, 2.45) is 5.92 Å². The number of amides is 1. The first-order valence-corrected chi connectivity index (χ1v) is 10.4. The van der Waals surface area contributed by atoms with Gasteiger partial charge in [-0.1, -0.05) is 20.3 Å². The molecule has 1 saturated heterocycles. The molecule has 1 atom stereocenters. The van der Waals surface area contributed by atoms with Gasteiger partial charge in [-0.05, 0) is 44.8 Å². The maximum atomic E-state index is 12.9. The van der Waals surface area contributed by atoms with Crippen LogP contribution >= 0.6 is 0 Å². The lowest BCUT2D eigenvalue weighted by Crippen LogP contribution is -2.37. The fourth-order valence-electron chi connectivity index (χ4n) is 4.24. The van der Waals surface area contributed by atoms with Crippen LogP contribution in [0.3, 0.4) is 0 Å². The van der Waals surface area contributed by atoms with Gasteiger partial charge in [0.1, 0.15) is 11.5 Å². The molecule has 0 aliphatic carbocycles. The lowest BCUT2D eigenvalue weighted by atomic mass is 10.0. The molecule has 28 heavy (non-hydrogen) atoms. The molecule has 2 aromatic rings. The topological polar surface area (TPSA) is 78.0 Å². The fourth-order valence-corrected chi connectivity index (χ4v) is 4.24. The molecule has 1 amide bonds. The third kappa shape index (κ3) is 3.94. The van der Waals surface area contributed by atoms with E-state index < -0.39 is 0 Å². The molecule has 0 radical (unpaired) electrons. The second-order valence-electron chi connectivity index (χ2n) is 8.55. The Morgan fingerprint density at radius 3 is 2.96 bits per heavy atom. The van der Waals surface area contributed by atoms with Crippen molar-refractivity contribution >= 4 is 5.91 Å². The molecule has 7 heteroatoms. The zero-order valence-corrected chi connectivity index (χ0v) is 17.1. The number of rotatable bonds is 4. The number of H-pyrrole nitrogens is 1. The minimum Gasteiger partial charge on any atom is -0.332 e. The van der Waals surface area contributed by atoms with E-state index in [1.807, 2.05) is 17.2 Å². The highest BCUT2D eigenvalue weighted by Crippen LogP contribution is 2.28. The summed E-state index contributed by atoms with van der Waals surface area (Å²) in [6, 6.07) is 2.21. The van der Waals surface area contributed by atoms with Gasteiger partial charge in [0.05, 0.1) is 11.7 Å². The number of fused-ring (bicyclic) bond motifs is 1. The Hall–Kier alpha value is -2.28. The first kappa shape index (κ1) is 19.1. The summed E-state index contributed by atoms with van der Waals surface area (Å²) < 4.78 is 0. The number of piperidine rings is 1. The summed E-state index contributed by atoms with van der Waals surface area (Å²) in [5, 5.41) is 7.23. The standard InChI is InChI=1S/C21H30N6O/c1-14(2)10-16-11-18(25-24-16)21(28)27-9-7-17-15(13-27)12-22-20(23-17)19-6-4-5-8-26(19)3/h11-12,14,19H,4-10,13H2,1-3H3,(H,24,25). The normalized spacial score (nSPS) is 20.4. The summed E-state index contributed by atoms with van der Waals surface area (Å²) in [6.07, 6.45) is 7.21. The van der Waals surface area contributed by atoms with E-state index in [4.69, 9.17) is 4.98 Å². The smallest absolute Gasteiger partial charge is 0.274 e. The van der Waals surface area contributed by atoms with Crippen LogP contribution in [0.15, 0.2) is 12.3 Å². The van der Waals surface area contributed by atoms with Crippen molar-refractivity contribution < 1.29 is 4.79 Å². The molecular formula is C21H30N6O. The van der Waals surface area contributed by atoms with Crippen LogP contribution in [0.2, 0.25) is 0 Å². The lowest BCUT2D eigenvalue weighted by molar-refractivity contribution is 0.0726. The Labute approximate surface area is 166 Å². The van der Waals surface area contributed by atoms with Crippen LogP contribution in [0.25, 0.3) is 0 Å². The predicted molar refractivity (Wildman–Crippen MR) is 107 cm³/mol. The minimum absolute atomic E-state index is 0.0204. The Morgan fingerprint density at radius 2 is 2.18 bits per heavy atom. The highest BCUT2D eigenvalue weighted by molar-refractivity contribution is 5.92. The Morgan fingerprint density at radius 1 is 1.32 bits per heavy atom. The molecule has 4 heterocycles. The summed E-state index contributed by atoms with van der Waals surface area (Å²) >= 11 is 0. The van der Waals surface area contributed by atoms with Gasteiger partial charge < -0.3 is 4.90 Å². The number of aromatic amines is 1. The lowest BCUT2D eigenvalue weighted by Gasteiger charge is -2.32. The quantitative estimate of drug-likeness (QED) is 0.880. The number of likely N-dealkylation sites (tertiary alicyclic amines) is 1. The van der Waals surface area contributed by atoms with E-state index in [-0.39, 0.29) is 5.91 Å². The average molecular weight is 383 g/mol. The molecule has 1 unspecified atom stereocenters. The summed E-state index contributed by atoms with van der Waals surface area (Å²) in [4.78, 5) is 26.6. The third-order valence-electron chi connectivity index (χ3n) is 5.79. The van der Waals surface area contributed by atoms with Gasteiger partial charge in [0.15, 0.2) is 0 Å². The van der Waals surface area contributed by atoms with Gasteiger partial charge in [0.2, 0.25) is 0 Å². The molecule has 1 fully saturated rings. The number of hydrogen-bond donors (Lipinski definition) is 1. The first-order chi connectivity index (χ1) is 13.5. The van der Waals surface area contributed by atoms with E-state index in [9.17, 15) is 4.79 Å². The highest BCUT2D eigenvalue weighted by Gasteiger charge is 2.28. The summed E-state index contributed by atoms with van der Waals surface area (Å²) in [5.74, 6) is 1.44. The van der Waals surface area contributed by atoms with Crippen LogP contribution in [-0.4, -0.2) is 56.0 Å². The number of carbonyl (C=O) groups is 1. The molecule has 0 bridgehead atoms. The Bertz CT molecular complexity index is 845. The molecule has 1 N–H and O–H groups in total. The molecule has 2 aliphatic rings. The molecule has 7 nitrogen and oxygen atoms in total. The van der Waals surface area contributed by atoms with Crippen LogP contribution in [0.1, 0.15) is 72.4 Å². The van der Waals surface area contributed by atoms with E-state index in [2.05, 4.69) is 41.0 Å². The number of nitrogens with one attached hydrogen (secondary N) is 1. The van der Waals surface area contributed by atoms with Crippen LogP contribution in [-0.2, 0) is 19.4 Å². The van der Waals surface area contributed by atoms with Gasteiger partial charge in [-0.3, -0.25) is 14.8 Å². The zero-order chi connectivity index (χ0) is 19.7. The molecule has 150 valence electrons. The van der Waals surface area contributed by atoms with Crippen LogP contribution < -0.4 is 0 Å². The van der Waals surface area contributed by atoms with E-state index in [1.165, 1.54) is 12.8 Å². The van der Waals surface area contributed by atoms with Crippen molar-refractivity contribution in [2.75, 3.05) is 20.1 Å². The molecule has 0 spiro atoms. The van der Waals surface area contributed by atoms with Gasteiger partial charge >= 0.3 is 0 Å². The first-order valence-electron chi connectivity index (χ1n) is 10.4. The van der Waals surface area contributed by atoms with Crippen LogP contribution in [0.5, 0.6) is 0 Å². The third-order valence-corrected chi connectivity index (χ3v) is 5.79. The second kappa shape index (κ2) is 7.99. The largest absolute Gasteiger partial charge is 0.332 e. The van der Waals surface area contributed by atoms with Crippen LogP contribution in [0.4, 0.5) is 0 Å². The average Bonchev–Trinajstić information content (AvgIpc) is 3.14. The molecular weight excluding hydrogens is 352 g/mol. The number of carbonyl (C=O) groups excluding carboxylic acids is 1. The van der Waals surface area contributed by atoms with Crippen molar-refractivity contribution in [1.82, 2.24) is 30.0 Å². The fraction of sp³-hybridized carbons (Fsp3) is 0.619. The molecule has 4 rings (SSSR count). The van der Waals surface area contributed by atoms with E-state index in [1.54, 1.807) is 0 Å². The maximum absolute atomic E-state index is 12.9. The highest BCUT2D eigenvalue weighted by atomic mass is 16.2. The molecule has 2 aliphatic heterocycles. The molecule has 2 aromatic heterocycles. The zero-order valence-electron chi connectivity index (χ0n) is 17.1. The van der Waals surface area contributed by atoms with Gasteiger partial charge in [-0.2, -0.15) is 5.10 Å². The predicted octanol–water partition coefficient (Wildman–Crippen LogP) is 2.75. The second-order valence-corrected chi connectivity index (χ2v) is 8.55. The summed E-state index contributed by atoms with van der Waals surface area (Å²) in [5.41, 5.74) is 3.66. The van der Waals surface area contributed by atoms with Crippen LogP contribution in [0, 0.1) is 5.92 Å². The number of nitrogens with zero attached hydrogens (tertiary/aromatic N) is 5. The Kier molecular flexibility index (Phi) is 5.44. The number of aromatic nitrogens is 4. The van der Waals surface area contributed by atoms with Crippen molar-refractivity contribution in [1.29, 1.82) is 0 Å². The Balaban J connectivity index is 1.46. The monoisotopic (exact) mass is 382 g/mol. The van der Waals surface area contributed by atoms with E-state index in [0.717, 1.165) is 48.6 Å². The van der Waals surface area contributed by atoms with E-state index >= 15 is 0 Å². The van der Waals surface area contributed by atoms with Gasteiger partial charge in [-0.25, -0.2) is 9.97 Å². The van der Waals surface area contributed by atoms with Gasteiger partial charge in [0, 0.05) is 37.0 Å².